The first-order valence-electron chi connectivity index (χ1n) is 13.3. The molecular formula is C30H30ClN5O4. The average molecular weight is 560 g/mol. The molecule has 2 aliphatic rings. The molecule has 0 unspecified atom stereocenters. The third-order valence-electron chi connectivity index (χ3n) is 7.41. The molecule has 0 aliphatic carbocycles. The number of hydrogen-bond donors (Lipinski definition) is 0. The highest BCUT2D eigenvalue weighted by molar-refractivity contribution is 6.30. The van der Waals surface area contributed by atoms with Crippen LogP contribution in [0.1, 0.15) is 12.5 Å². The molecule has 0 bridgehead atoms. The maximum Gasteiger partial charge on any atom is 0.415 e. The minimum Gasteiger partial charge on any atom is -0.489 e. The van der Waals surface area contributed by atoms with Crippen LogP contribution in [0, 0.1) is 10.1 Å². The highest BCUT2D eigenvalue weighted by atomic mass is 35.5. The van der Waals surface area contributed by atoms with Gasteiger partial charge in [-0.25, -0.2) is 0 Å². The molecule has 3 aromatic carbocycles. The molecule has 0 amide bonds. The number of nitrogens with zero attached hydrogens (tertiary/aromatic N) is 5. The molecule has 0 spiro atoms. The van der Waals surface area contributed by atoms with E-state index in [0.29, 0.717) is 13.2 Å². The summed E-state index contributed by atoms with van der Waals surface area (Å²) in [6, 6.07) is 25.1. The smallest absolute Gasteiger partial charge is 0.415 e. The lowest BCUT2D eigenvalue weighted by atomic mass is 10.0. The number of halogens is 1. The minimum atomic E-state index is -0.646. The number of benzene rings is 3. The Bertz CT molecular complexity index is 1460. The summed E-state index contributed by atoms with van der Waals surface area (Å²) in [4.78, 5) is 19.2. The second kappa shape index (κ2) is 10.8. The Labute approximate surface area is 237 Å². The van der Waals surface area contributed by atoms with E-state index in [1.807, 2.05) is 43.3 Å². The molecule has 4 aromatic rings. The topological polar surface area (TPSA) is 85.9 Å². The standard InChI is InChI=1S/C30H30ClN5O4/c1-30(20-35-19-28(36(37)38)32-29(35)40-30)21-39-27-12-6-24(7-13-27)23-4-10-26(11-5-23)34-16-14-33(15-17-34)18-22-2-8-25(31)9-3-22/h2-13,19H,14-18,20-21H2,1H3/t30-/m1/s1. The molecule has 40 heavy (non-hydrogen) atoms. The number of ether oxygens (including phenoxy) is 2. The van der Waals surface area contributed by atoms with Crippen molar-refractivity contribution in [1.29, 1.82) is 0 Å². The minimum absolute atomic E-state index is 0.214. The van der Waals surface area contributed by atoms with E-state index in [4.69, 9.17) is 21.1 Å². The van der Waals surface area contributed by atoms with Gasteiger partial charge in [0.05, 0.1) is 6.54 Å². The SMILES string of the molecule is C[C@]1(COc2ccc(-c3ccc(N4CCN(Cc5ccc(Cl)cc5)CC4)cc3)cc2)Cn2cc([N+](=O)[O-])nc2O1. The van der Waals surface area contributed by atoms with Gasteiger partial charge in [0, 0.05) is 48.4 Å². The molecule has 3 heterocycles. The fourth-order valence-corrected chi connectivity index (χ4v) is 5.34. The highest BCUT2D eigenvalue weighted by Crippen LogP contribution is 2.32. The van der Waals surface area contributed by atoms with E-state index in [2.05, 4.69) is 51.2 Å². The maximum absolute atomic E-state index is 10.9. The second-order valence-electron chi connectivity index (χ2n) is 10.6. The third kappa shape index (κ3) is 5.76. The van der Waals surface area contributed by atoms with Gasteiger partial charge < -0.3 is 24.5 Å². The number of imidazole rings is 1. The van der Waals surface area contributed by atoms with E-state index in [0.717, 1.165) is 54.6 Å². The van der Waals surface area contributed by atoms with Crippen LogP contribution in [0.5, 0.6) is 11.8 Å². The first-order valence-corrected chi connectivity index (χ1v) is 13.7. The molecular weight excluding hydrogens is 530 g/mol. The van der Waals surface area contributed by atoms with Gasteiger partial charge in [-0.3, -0.25) is 9.47 Å². The van der Waals surface area contributed by atoms with Gasteiger partial charge in [-0.1, -0.05) is 48.0 Å². The highest BCUT2D eigenvalue weighted by Gasteiger charge is 2.41. The fraction of sp³-hybridized carbons (Fsp3) is 0.300. The van der Waals surface area contributed by atoms with Gasteiger partial charge in [0.1, 0.15) is 18.6 Å². The van der Waals surface area contributed by atoms with E-state index < -0.39 is 10.5 Å². The summed E-state index contributed by atoms with van der Waals surface area (Å²) >= 11 is 6.01. The van der Waals surface area contributed by atoms with Crippen molar-refractivity contribution >= 4 is 23.1 Å². The number of aromatic nitrogens is 2. The van der Waals surface area contributed by atoms with Crippen molar-refractivity contribution < 1.29 is 14.4 Å². The number of anilines is 1. The molecule has 1 fully saturated rings. The van der Waals surface area contributed by atoms with E-state index in [1.165, 1.54) is 17.4 Å². The Hall–Kier alpha value is -4.08. The summed E-state index contributed by atoms with van der Waals surface area (Å²) in [5, 5.41) is 11.7. The van der Waals surface area contributed by atoms with Crippen LogP contribution in [0.4, 0.5) is 11.5 Å². The zero-order valence-electron chi connectivity index (χ0n) is 22.2. The summed E-state index contributed by atoms with van der Waals surface area (Å²) in [6.45, 7) is 7.64. The van der Waals surface area contributed by atoms with Crippen molar-refractivity contribution in [2.75, 3.05) is 37.7 Å². The molecule has 2 aliphatic heterocycles. The summed E-state index contributed by atoms with van der Waals surface area (Å²) in [5.41, 5.74) is 4.15. The van der Waals surface area contributed by atoms with Crippen LogP contribution in [0.2, 0.25) is 5.02 Å². The maximum atomic E-state index is 10.9. The van der Waals surface area contributed by atoms with E-state index in [1.54, 1.807) is 4.57 Å². The van der Waals surface area contributed by atoms with Gasteiger partial charge in [-0.05, 0) is 64.9 Å². The van der Waals surface area contributed by atoms with Gasteiger partial charge in [0.25, 0.3) is 0 Å². The Morgan fingerprint density at radius 1 is 0.975 bits per heavy atom. The number of piperazine rings is 1. The monoisotopic (exact) mass is 559 g/mol. The average Bonchev–Trinajstić information content (AvgIpc) is 3.50. The predicted molar refractivity (Wildman–Crippen MR) is 154 cm³/mol. The van der Waals surface area contributed by atoms with Crippen LogP contribution >= 0.6 is 11.6 Å². The van der Waals surface area contributed by atoms with Crippen LogP contribution in [-0.4, -0.2) is 57.8 Å². The van der Waals surface area contributed by atoms with E-state index in [-0.39, 0.29) is 11.8 Å². The zero-order valence-corrected chi connectivity index (χ0v) is 23.0. The molecule has 0 N–H and O–H groups in total. The fourth-order valence-electron chi connectivity index (χ4n) is 5.21. The molecule has 0 saturated carbocycles. The number of rotatable bonds is 8. The van der Waals surface area contributed by atoms with Gasteiger partial charge in [-0.2, -0.15) is 0 Å². The summed E-state index contributed by atoms with van der Waals surface area (Å²) in [7, 11) is 0. The second-order valence-corrected chi connectivity index (χ2v) is 11.0. The Morgan fingerprint density at radius 3 is 2.25 bits per heavy atom. The Kier molecular flexibility index (Phi) is 7.08. The van der Waals surface area contributed by atoms with Crippen LogP contribution in [0.3, 0.4) is 0 Å². The van der Waals surface area contributed by atoms with Gasteiger partial charge in [0.2, 0.25) is 0 Å². The molecule has 6 rings (SSSR count). The third-order valence-corrected chi connectivity index (χ3v) is 7.66. The van der Waals surface area contributed by atoms with Crippen molar-refractivity contribution in [2.45, 2.75) is 25.6 Å². The summed E-state index contributed by atoms with van der Waals surface area (Å²) in [6.07, 6.45) is 1.39. The predicted octanol–water partition coefficient (Wildman–Crippen LogP) is 5.66. The van der Waals surface area contributed by atoms with Crippen molar-refractivity contribution in [2.24, 2.45) is 0 Å². The van der Waals surface area contributed by atoms with E-state index in [9.17, 15) is 10.1 Å². The first-order chi connectivity index (χ1) is 19.3. The Balaban J connectivity index is 0.997. The van der Waals surface area contributed by atoms with Crippen molar-refractivity contribution in [3.8, 4) is 22.9 Å². The van der Waals surface area contributed by atoms with Crippen LogP contribution < -0.4 is 14.4 Å². The largest absolute Gasteiger partial charge is 0.489 e. The first kappa shape index (κ1) is 26.2. The van der Waals surface area contributed by atoms with E-state index >= 15 is 0 Å². The lowest BCUT2D eigenvalue weighted by molar-refractivity contribution is -0.389. The summed E-state index contributed by atoms with van der Waals surface area (Å²) in [5.74, 6) is 0.520. The van der Waals surface area contributed by atoms with Gasteiger partial charge in [0.15, 0.2) is 5.60 Å². The molecule has 9 nitrogen and oxygen atoms in total. The van der Waals surface area contributed by atoms with Gasteiger partial charge >= 0.3 is 11.8 Å². The molecule has 206 valence electrons. The molecule has 0 radical (unpaired) electrons. The molecule has 1 saturated heterocycles. The van der Waals surface area contributed by atoms with Crippen LogP contribution in [0.25, 0.3) is 11.1 Å². The number of hydrogen-bond acceptors (Lipinski definition) is 7. The number of nitro groups is 1. The van der Waals surface area contributed by atoms with Crippen LogP contribution in [-0.2, 0) is 13.1 Å². The lowest BCUT2D eigenvalue weighted by Crippen LogP contribution is -2.45. The lowest BCUT2D eigenvalue weighted by Gasteiger charge is -2.36. The normalized spacial score (nSPS) is 18.8. The van der Waals surface area contributed by atoms with Gasteiger partial charge in [-0.15, -0.1) is 0 Å². The number of fused-ring (bicyclic) bond motifs is 1. The van der Waals surface area contributed by atoms with Crippen molar-refractivity contribution in [3.05, 3.63) is 99.7 Å². The van der Waals surface area contributed by atoms with Crippen molar-refractivity contribution in [1.82, 2.24) is 14.5 Å². The summed E-state index contributed by atoms with van der Waals surface area (Å²) < 4.78 is 13.5. The Morgan fingerprint density at radius 2 is 1.62 bits per heavy atom. The molecule has 10 heteroatoms. The quantitative estimate of drug-likeness (QED) is 0.203. The molecule has 1 aromatic heterocycles. The zero-order chi connectivity index (χ0) is 27.7. The van der Waals surface area contributed by atoms with Crippen molar-refractivity contribution in [3.63, 3.8) is 0 Å². The molecule has 1 atom stereocenters. The van der Waals surface area contributed by atoms with Crippen LogP contribution in [0.15, 0.2) is 79.0 Å².